The number of aryl methyl sites for hydroxylation is 2. The van der Waals surface area contributed by atoms with E-state index in [9.17, 15) is 13.2 Å². The number of benzene rings is 1. The zero-order valence-electron chi connectivity index (χ0n) is 19.3. The van der Waals surface area contributed by atoms with E-state index in [4.69, 9.17) is 4.98 Å². The second-order valence-corrected chi connectivity index (χ2v) is 6.56. The molecular formula is C25H29F3N4. The molecule has 0 aliphatic carbocycles. The summed E-state index contributed by atoms with van der Waals surface area (Å²) in [5, 5.41) is 0. The van der Waals surface area contributed by atoms with Crippen LogP contribution in [0.2, 0.25) is 0 Å². The van der Waals surface area contributed by atoms with Gasteiger partial charge in [-0.2, -0.15) is 13.2 Å². The third-order valence-electron chi connectivity index (χ3n) is 4.58. The van der Waals surface area contributed by atoms with Gasteiger partial charge in [-0.15, -0.1) is 0 Å². The summed E-state index contributed by atoms with van der Waals surface area (Å²) in [6.07, 6.45) is -0.826. The lowest BCUT2D eigenvalue weighted by molar-refractivity contribution is -0.144. The summed E-state index contributed by atoms with van der Waals surface area (Å²) >= 11 is 0. The van der Waals surface area contributed by atoms with Crippen LogP contribution in [0.25, 0.3) is 28.3 Å². The zero-order valence-corrected chi connectivity index (χ0v) is 19.3. The van der Waals surface area contributed by atoms with Gasteiger partial charge in [0, 0.05) is 18.0 Å². The molecule has 0 atom stereocenters. The maximum Gasteiger partial charge on any atom is 0.451 e. The van der Waals surface area contributed by atoms with E-state index in [1.165, 1.54) is 6.07 Å². The van der Waals surface area contributed by atoms with Crippen LogP contribution in [0.5, 0.6) is 0 Å². The monoisotopic (exact) mass is 442 g/mol. The SMILES string of the molecule is CC.CC.CCc1ccn2c(-c3ccnc(C(F)(F)F)n3)c(-c3ccc(C)cc3)nc2c1. The quantitative estimate of drug-likeness (QED) is 0.332. The molecule has 1 aromatic carbocycles. The zero-order chi connectivity index (χ0) is 23.9. The molecule has 0 N–H and O–H groups in total. The van der Waals surface area contributed by atoms with Gasteiger partial charge in [0.15, 0.2) is 0 Å². The lowest BCUT2D eigenvalue weighted by atomic mass is 10.1. The molecule has 0 spiro atoms. The number of nitrogens with zero attached hydrogens (tertiary/aromatic N) is 4. The Hall–Kier alpha value is -3.22. The van der Waals surface area contributed by atoms with Crippen molar-refractivity contribution in [3.63, 3.8) is 0 Å². The first-order chi connectivity index (χ1) is 15.4. The Labute approximate surface area is 187 Å². The standard InChI is InChI=1S/C21H17F3N4.2C2H6/c1-3-14-9-11-28-17(12-14)27-18(15-6-4-13(2)5-7-15)19(28)16-8-10-25-20(26-16)21(22,23)24;2*1-2/h4-12H,3H2,1-2H3;2*1-2H3. The molecular weight excluding hydrogens is 413 g/mol. The number of hydrogen-bond acceptors (Lipinski definition) is 3. The molecule has 32 heavy (non-hydrogen) atoms. The van der Waals surface area contributed by atoms with Crippen molar-refractivity contribution in [1.29, 1.82) is 0 Å². The lowest BCUT2D eigenvalue weighted by Crippen LogP contribution is -2.11. The molecule has 7 heteroatoms. The number of fused-ring (bicyclic) bond motifs is 1. The highest BCUT2D eigenvalue weighted by Crippen LogP contribution is 2.34. The van der Waals surface area contributed by atoms with E-state index < -0.39 is 12.0 Å². The lowest BCUT2D eigenvalue weighted by Gasteiger charge is -2.09. The highest BCUT2D eigenvalue weighted by molar-refractivity contribution is 5.80. The molecule has 0 unspecified atom stereocenters. The Morgan fingerprint density at radius 2 is 1.56 bits per heavy atom. The molecule has 0 aliphatic rings. The van der Waals surface area contributed by atoms with Gasteiger partial charge in [-0.3, -0.25) is 4.40 Å². The van der Waals surface area contributed by atoms with Crippen LogP contribution >= 0.6 is 0 Å². The third kappa shape index (κ3) is 5.33. The molecule has 3 heterocycles. The minimum absolute atomic E-state index is 0.176. The number of halogens is 3. The Kier molecular flexibility index (Phi) is 8.52. The normalized spacial score (nSPS) is 10.8. The highest BCUT2D eigenvalue weighted by Gasteiger charge is 2.35. The van der Waals surface area contributed by atoms with Crippen LogP contribution in [0.1, 0.15) is 51.6 Å². The number of rotatable bonds is 3. The molecule has 0 saturated carbocycles. The van der Waals surface area contributed by atoms with E-state index in [1.807, 2.05) is 84.1 Å². The molecule has 4 nitrogen and oxygen atoms in total. The van der Waals surface area contributed by atoms with Crippen molar-refractivity contribution in [3.8, 4) is 22.6 Å². The average molecular weight is 443 g/mol. The minimum atomic E-state index is -4.62. The first-order valence-corrected chi connectivity index (χ1v) is 10.9. The van der Waals surface area contributed by atoms with Crippen molar-refractivity contribution < 1.29 is 13.2 Å². The molecule has 4 aromatic rings. The second-order valence-electron chi connectivity index (χ2n) is 6.56. The molecule has 0 radical (unpaired) electrons. The van der Waals surface area contributed by atoms with Gasteiger partial charge >= 0.3 is 6.18 Å². The van der Waals surface area contributed by atoms with Crippen LogP contribution in [-0.4, -0.2) is 19.4 Å². The van der Waals surface area contributed by atoms with Gasteiger partial charge in [0.2, 0.25) is 5.82 Å². The van der Waals surface area contributed by atoms with E-state index in [2.05, 4.69) is 9.97 Å². The Bertz CT molecular complexity index is 1150. The van der Waals surface area contributed by atoms with E-state index in [-0.39, 0.29) is 5.69 Å². The molecule has 0 amide bonds. The summed E-state index contributed by atoms with van der Waals surface area (Å²) < 4.78 is 41.2. The Morgan fingerprint density at radius 1 is 0.906 bits per heavy atom. The van der Waals surface area contributed by atoms with Gasteiger partial charge in [-0.1, -0.05) is 64.4 Å². The second kappa shape index (κ2) is 10.9. The van der Waals surface area contributed by atoms with Crippen molar-refractivity contribution in [1.82, 2.24) is 19.4 Å². The first kappa shape index (κ1) is 25.0. The molecule has 0 aliphatic heterocycles. The molecule has 4 rings (SSSR count). The Morgan fingerprint density at radius 3 is 2.16 bits per heavy atom. The van der Waals surface area contributed by atoms with E-state index >= 15 is 0 Å². The van der Waals surface area contributed by atoms with Crippen LogP contribution in [0.4, 0.5) is 13.2 Å². The summed E-state index contributed by atoms with van der Waals surface area (Å²) in [5.74, 6) is -1.17. The number of imidazole rings is 1. The smallest absolute Gasteiger partial charge is 0.298 e. The summed E-state index contributed by atoms with van der Waals surface area (Å²) in [4.78, 5) is 11.9. The molecule has 0 fully saturated rings. The predicted octanol–water partition coefficient (Wildman–Crippen LogP) is 7.40. The molecule has 0 bridgehead atoms. The van der Waals surface area contributed by atoms with E-state index in [1.54, 1.807) is 4.40 Å². The fourth-order valence-corrected chi connectivity index (χ4v) is 3.09. The number of pyridine rings is 1. The van der Waals surface area contributed by atoms with Gasteiger partial charge in [0.1, 0.15) is 5.65 Å². The fraction of sp³-hybridized carbons (Fsp3) is 0.320. The van der Waals surface area contributed by atoms with Crippen molar-refractivity contribution in [2.75, 3.05) is 0 Å². The third-order valence-corrected chi connectivity index (χ3v) is 4.58. The molecule has 170 valence electrons. The van der Waals surface area contributed by atoms with Crippen LogP contribution in [0.15, 0.2) is 54.9 Å². The summed E-state index contributed by atoms with van der Waals surface area (Å²) in [6.45, 7) is 12.0. The van der Waals surface area contributed by atoms with E-state index in [0.29, 0.717) is 17.0 Å². The number of aromatic nitrogens is 4. The minimum Gasteiger partial charge on any atom is -0.298 e. The first-order valence-electron chi connectivity index (χ1n) is 10.9. The highest BCUT2D eigenvalue weighted by atomic mass is 19.4. The van der Waals surface area contributed by atoms with E-state index in [0.717, 1.165) is 29.3 Å². The largest absolute Gasteiger partial charge is 0.451 e. The van der Waals surface area contributed by atoms with Crippen molar-refractivity contribution in [2.24, 2.45) is 0 Å². The van der Waals surface area contributed by atoms with Crippen LogP contribution in [-0.2, 0) is 12.6 Å². The molecule has 0 saturated heterocycles. The van der Waals surface area contributed by atoms with Gasteiger partial charge < -0.3 is 0 Å². The topological polar surface area (TPSA) is 43.1 Å². The Balaban J connectivity index is 0.000000860. The fourth-order valence-electron chi connectivity index (χ4n) is 3.09. The van der Waals surface area contributed by atoms with Gasteiger partial charge in [0.05, 0.1) is 17.1 Å². The maximum atomic E-state index is 13.1. The summed E-state index contributed by atoms with van der Waals surface area (Å²) in [7, 11) is 0. The van der Waals surface area contributed by atoms with Crippen molar-refractivity contribution in [2.45, 2.75) is 54.1 Å². The van der Waals surface area contributed by atoms with Gasteiger partial charge in [0.25, 0.3) is 0 Å². The van der Waals surface area contributed by atoms with Crippen LogP contribution in [0.3, 0.4) is 0 Å². The number of hydrogen-bond donors (Lipinski definition) is 0. The number of alkyl halides is 3. The average Bonchev–Trinajstić information content (AvgIpc) is 3.20. The predicted molar refractivity (Wildman–Crippen MR) is 123 cm³/mol. The molecule has 3 aromatic heterocycles. The van der Waals surface area contributed by atoms with Crippen molar-refractivity contribution in [3.05, 3.63) is 71.8 Å². The van der Waals surface area contributed by atoms with Gasteiger partial charge in [-0.25, -0.2) is 15.0 Å². The van der Waals surface area contributed by atoms with Gasteiger partial charge in [-0.05, 0) is 37.1 Å². The van der Waals surface area contributed by atoms with Crippen LogP contribution < -0.4 is 0 Å². The van der Waals surface area contributed by atoms with Crippen molar-refractivity contribution >= 4 is 5.65 Å². The summed E-state index contributed by atoms with van der Waals surface area (Å²) in [5.41, 5.74) is 4.93. The maximum absolute atomic E-state index is 13.1. The van der Waals surface area contributed by atoms with Crippen LogP contribution in [0, 0.1) is 6.92 Å². The summed E-state index contributed by atoms with van der Waals surface area (Å²) in [6, 6.07) is 13.1.